The zero-order chi connectivity index (χ0) is 12.7. The van der Waals surface area contributed by atoms with Gasteiger partial charge in [-0.1, -0.05) is 0 Å². The molecule has 1 rings (SSSR count). The first-order chi connectivity index (χ1) is 9.00. The van der Waals surface area contributed by atoms with E-state index in [1.54, 1.807) is 0 Å². The normalized spacial score (nSPS) is 24.0. The Hall–Kier alpha value is -0.320. The summed E-state index contributed by atoms with van der Waals surface area (Å²) in [6, 6.07) is 0. The minimum absolute atomic E-state index is 0.413. The fourth-order valence-electron chi connectivity index (χ4n) is 1.12. The second kappa shape index (κ2) is 13.1. The lowest BCUT2D eigenvalue weighted by Crippen LogP contribution is -2.34. The summed E-state index contributed by atoms with van der Waals surface area (Å²) >= 11 is 0. The van der Waals surface area contributed by atoms with Crippen LogP contribution in [0.25, 0.3) is 0 Å². The van der Waals surface area contributed by atoms with Gasteiger partial charge in [-0.2, -0.15) is 0 Å². The number of ether oxygens (including phenoxy) is 4. The zero-order valence-electron chi connectivity index (χ0n) is 10.5. The minimum atomic E-state index is 0.413. The minimum Gasteiger partial charge on any atom is -0.377 e. The summed E-state index contributed by atoms with van der Waals surface area (Å²) in [6.07, 6.45) is 0. The van der Waals surface area contributed by atoms with Crippen LogP contribution in [0.4, 0.5) is 0 Å². The third kappa shape index (κ3) is 10.8. The Morgan fingerprint density at radius 2 is 0.667 bits per heavy atom. The van der Waals surface area contributed by atoms with Crippen molar-refractivity contribution in [1.29, 1.82) is 0 Å². The standard InChI is InChI=1S/C10H22N2O6/c1-2-14-4-6-16-8-10-18-12-11-17-9-7-15-5-3-13-1/h11-12H,1-10H2. The molecular formula is C10H22N2O6. The van der Waals surface area contributed by atoms with Gasteiger partial charge in [0.1, 0.15) is 0 Å². The first kappa shape index (κ1) is 15.7. The lowest BCUT2D eigenvalue weighted by molar-refractivity contribution is -0.128. The fraction of sp³-hybridized carbons (Fsp3) is 1.00. The van der Waals surface area contributed by atoms with Gasteiger partial charge in [0.15, 0.2) is 0 Å². The van der Waals surface area contributed by atoms with Crippen LogP contribution in [0.3, 0.4) is 0 Å². The van der Waals surface area contributed by atoms with Gasteiger partial charge in [0, 0.05) is 0 Å². The first-order valence-corrected chi connectivity index (χ1v) is 6.04. The smallest absolute Gasteiger partial charge is 0.0933 e. The molecule has 2 N–H and O–H groups in total. The van der Waals surface area contributed by atoms with Crippen LogP contribution < -0.4 is 11.2 Å². The molecule has 1 saturated heterocycles. The van der Waals surface area contributed by atoms with Crippen molar-refractivity contribution in [3.05, 3.63) is 0 Å². The number of rotatable bonds is 0. The summed E-state index contributed by atoms with van der Waals surface area (Å²) in [6.45, 7) is 5.10. The molecular weight excluding hydrogens is 244 g/mol. The summed E-state index contributed by atoms with van der Waals surface area (Å²) < 4.78 is 21.1. The number of nitrogens with one attached hydrogen (secondary N) is 2. The van der Waals surface area contributed by atoms with Crippen molar-refractivity contribution in [2.24, 2.45) is 0 Å². The van der Waals surface area contributed by atoms with Gasteiger partial charge in [0.05, 0.1) is 66.1 Å². The number of hydrogen-bond acceptors (Lipinski definition) is 8. The molecule has 8 heteroatoms. The van der Waals surface area contributed by atoms with Crippen molar-refractivity contribution in [3.63, 3.8) is 0 Å². The molecule has 0 aromatic carbocycles. The molecule has 1 heterocycles. The van der Waals surface area contributed by atoms with E-state index in [9.17, 15) is 0 Å². The van der Waals surface area contributed by atoms with E-state index in [-0.39, 0.29) is 0 Å². The Morgan fingerprint density at radius 1 is 0.389 bits per heavy atom. The van der Waals surface area contributed by atoms with Gasteiger partial charge in [-0.3, -0.25) is 9.68 Å². The van der Waals surface area contributed by atoms with E-state index in [2.05, 4.69) is 11.2 Å². The SMILES string of the molecule is C1COCCOCCONNOCCOCCO1. The molecule has 0 aromatic rings. The third-order valence-electron chi connectivity index (χ3n) is 1.96. The van der Waals surface area contributed by atoms with E-state index in [4.69, 9.17) is 28.6 Å². The Labute approximate surface area is 107 Å². The van der Waals surface area contributed by atoms with Crippen LogP contribution >= 0.6 is 0 Å². The van der Waals surface area contributed by atoms with Crippen LogP contribution in [-0.4, -0.2) is 66.1 Å². The molecule has 0 unspecified atom stereocenters. The Bertz CT molecular complexity index is 99.4. The van der Waals surface area contributed by atoms with E-state index in [0.717, 1.165) is 0 Å². The molecule has 1 aliphatic rings. The summed E-state index contributed by atoms with van der Waals surface area (Å²) in [7, 11) is 0. The van der Waals surface area contributed by atoms with Crippen molar-refractivity contribution in [1.82, 2.24) is 11.2 Å². The summed E-state index contributed by atoms with van der Waals surface area (Å²) in [5.74, 6) is 0. The van der Waals surface area contributed by atoms with Crippen molar-refractivity contribution >= 4 is 0 Å². The Kier molecular flexibility index (Phi) is 11.5. The lowest BCUT2D eigenvalue weighted by atomic mass is 10.7. The maximum absolute atomic E-state index is 5.30. The fourth-order valence-corrected chi connectivity index (χ4v) is 1.12. The van der Waals surface area contributed by atoms with Crippen LogP contribution in [0.15, 0.2) is 0 Å². The van der Waals surface area contributed by atoms with Crippen LogP contribution in [-0.2, 0) is 28.6 Å². The average molecular weight is 266 g/mol. The third-order valence-corrected chi connectivity index (χ3v) is 1.96. The topological polar surface area (TPSA) is 79.4 Å². The van der Waals surface area contributed by atoms with E-state index in [0.29, 0.717) is 66.1 Å². The summed E-state index contributed by atoms with van der Waals surface area (Å²) in [5, 5.41) is 0. The Morgan fingerprint density at radius 3 is 1.00 bits per heavy atom. The van der Waals surface area contributed by atoms with Crippen LogP contribution in [0, 0.1) is 0 Å². The predicted molar refractivity (Wildman–Crippen MR) is 61.5 cm³/mol. The summed E-state index contributed by atoms with van der Waals surface area (Å²) in [5.41, 5.74) is 4.85. The van der Waals surface area contributed by atoms with Gasteiger partial charge >= 0.3 is 0 Å². The molecule has 8 nitrogen and oxygen atoms in total. The monoisotopic (exact) mass is 266 g/mol. The highest BCUT2D eigenvalue weighted by atomic mass is 16.8. The quantitative estimate of drug-likeness (QED) is 0.579. The second-order valence-corrected chi connectivity index (χ2v) is 3.35. The van der Waals surface area contributed by atoms with Crippen LogP contribution in [0.5, 0.6) is 0 Å². The number of hydrazine groups is 1. The molecule has 1 aliphatic heterocycles. The first-order valence-electron chi connectivity index (χ1n) is 6.04. The molecule has 0 radical (unpaired) electrons. The highest BCUT2D eigenvalue weighted by Gasteiger charge is 1.94. The van der Waals surface area contributed by atoms with Gasteiger partial charge < -0.3 is 18.9 Å². The second-order valence-electron chi connectivity index (χ2n) is 3.35. The van der Waals surface area contributed by atoms with E-state index < -0.39 is 0 Å². The van der Waals surface area contributed by atoms with E-state index in [1.165, 1.54) is 0 Å². The predicted octanol–water partition coefficient (Wildman–Crippen LogP) is -0.976. The maximum atomic E-state index is 5.30. The van der Waals surface area contributed by atoms with Gasteiger partial charge in [-0.15, -0.1) is 11.2 Å². The molecule has 0 bridgehead atoms. The van der Waals surface area contributed by atoms with Gasteiger partial charge in [0.2, 0.25) is 0 Å². The van der Waals surface area contributed by atoms with Crippen molar-refractivity contribution in [2.45, 2.75) is 0 Å². The van der Waals surface area contributed by atoms with Gasteiger partial charge in [0.25, 0.3) is 0 Å². The molecule has 108 valence electrons. The Balaban J connectivity index is 2.00. The van der Waals surface area contributed by atoms with Crippen LogP contribution in [0.1, 0.15) is 0 Å². The largest absolute Gasteiger partial charge is 0.377 e. The lowest BCUT2D eigenvalue weighted by Gasteiger charge is -2.10. The van der Waals surface area contributed by atoms with Gasteiger partial charge in [-0.25, -0.2) is 0 Å². The van der Waals surface area contributed by atoms with E-state index >= 15 is 0 Å². The number of hydrogen-bond donors (Lipinski definition) is 2. The highest BCUT2D eigenvalue weighted by Crippen LogP contribution is 1.83. The molecule has 0 saturated carbocycles. The van der Waals surface area contributed by atoms with Crippen molar-refractivity contribution in [3.8, 4) is 0 Å². The molecule has 0 aromatic heterocycles. The molecule has 0 aliphatic carbocycles. The average Bonchev–Trinajstić information content (AvgIpc) is 2.39. The maximum Gasteiger partial charge on any atom is 0.0933 e. The zero-order valence-corrected chi connectivity index (χ0v) is 10.5. The summed E-state index contributed by atoms with van der Waals surface area (Å²) in [4.78, 5) is 9.93. The molecule has 0 spiro atoms. The van der Waals surface area contributed by atoms with E-state index in [1.807, 2.05) is 0 Å². The molecule has 1 fully saturated rings. The highest BCUT2D eigenvalue weighted by molar-refractivity contribution is 4.35. The van der Waals surface area contributed by atoms with Crippen molar-refractivity contribution < 1.29 is 28.6 Å². The molecule has 18 heavy (non-hydrogen) atoms. The van der Waals surface area contributed by atoms with Gasteiger partial charge in [-0.05, 0) is 0 Å². The van der Waals surface area contributed by atoms with Crippen LogP contribution in [0.2, 0.25) is 0 Å². The molecule has 0 atom stereocenters. The van der Waals surface area contributed by atoms with Crippen molar-refractivity contribution in [2.75, 3.05) is 66.1 Å². The molecule has 0 amide bonds.